The third kappa shape index (κ3) is 55.7. The van der Waals surface area contributed by atoms with Gasteiger partial charge in [-0.1, -0.05) is 424 Å². The first-order valence-corrected chi connectivity index (χ1v) is 45.4. The summed E-state index contributed by atoms with van der Waals surface area (Å²) in [5.74, 6) is -0.194. The topological polar surface area (TPSA) is 228 Å². The van der Waals surface area contributed by atoms with Crippen LogP contribution in [0, 0.1) is 0 Å². The van der Waals surface area contributed by atoms with Crippen molar-refractivity contribution < 1.29 is 64.6 Å². The van der Waals surface area contributed by atoms with E-state index in [0.29, 0.717) is 12.8 Å². The highest BCUT2D eigenvalue weighted by Gasteiger charge is 2.51. The van der Waals surface area contributed by atoms with Crippen LogP contribution < -0.4 is 5.32 Å². The van der Waals surface area contributed by atoms with Crippen LogP contribution in [0.2, 0.25) is 0 Å². The zero-order valence-electron chi connectivity index (χ0n) is 67.6. The van der Waals surface area contributed by atoms with E-state index in [1.165, 1.54) is 379 Å². The largest absolute Gasteiger partial charge is 0.394 e. The number of aliphatic hydroxyl groups excluding tert-OH is 8. The quantitative estimate of drug-likeness (QED) is 0.0204. The van der Waals surface area contributed by atoms with Gasteiger partial charge in [0.1, 0.15) is 48.8 Å². The Balaban J connectivity index is 1.54. The van der Waals surface area contributed by atoms with Crippen molar-refractivity contribution in [2.75, 3.05) is 19.8 Å². The van der Waals surface area contributed by atoms with Crippen molar-refractivity contribution in [3.63, 3.8) is 0 Å². The van der Waals surface area contributed by atoms with Crippen molar-refractivity contribution >= 4 is 5.91 Å². The molecule has 2 saturated heterocycles. The van der Waals surface area contributed by atoms with Crippen LogP contribution in [-0.2, 0) is 23.7 Å². The summed E-state index contributed by atoms with van der Waals surface area (Å²) in [4.78, 5) is 13.4. The molecule has 12 atom stereocenters. The second-order valence-corrected chi connectivity index (χ2v) is 32.4. The molecule has 0 spiro atoms. The van der Waals surface area contributed by atoms with Gasteiger partial charge in [0.05, 0.1) is 32.0 Å². The number of hydrogen-bond acceptors (Lipinski definition) is 13. The molecule has 0 aliphatic carbocycles. The van der Waals surface area contributed by atoms with Gasteiger partial charge in [0.15, 0.2) is 12.6 Å². The molecule has 2 aliphatic heterocycles. The summed E-state index contributed by atoms with van der Waals surface area (Å²) in [6, 6.07) is -0.827. The summed E-state index contributed by atoms with van der Waals surface area (Å²) in [6.07, 6.45) is 78.7. The number of aliphatic hydroxyl groups is 8. The molecule has 9 N–H and O–H groups in total. The fraction of sp³-hybridized carbons (Fsp3) is 0.966. The van der Waals surface area contributed by atoms with E-state index in [2.05, 4.69) is 31.3 Å². The van der Waals surface area contributed by atoms with Crippen LogP contribution >= 0.6 is 0 Å². The third-order valence-corrected chi connectivity index (χ3v) is 22.7. The lowest BCUT2D eigenvalue weighted by molar-refractivity contribution is -0.359. The van der Waals surface area contributed by atoms with E-state index in [0.717, 1.165) is 51.4 Å². The molecule has 2 fully saturated rings. The normalized spacial score (nSPS) is 21.5. The number of rotatable bonds is 79. The molecular weight excluding hydrogens is 1290 g/mol. The molecule has 2 heterocycles. The average molecular weight is 1470 g/mol. The first-order chi connectivity index (χ1) is 50.6. The predicted octanol–water partition coefficient (Wildman–Crippen LogP) is 22.0. The van der Waals surface area contributed by atoms with Crippen LogP contribution in [-0.4, -0.2) is 140 Å². The van der Waals surface area contributed by atoms with E-state index >= 15 is 0 Å². The van der Waals surface area contributed by atoms with Crippen LogP contribution in [0.3, 0.4) is 0 Å². The van der Waals surface area contributed by atoms with Gasteiger partial charge in [-0.2, -0.15) is 0 Å². The summed E-state index contributed by atoms with van der Waals surface area (Å²) in [5.41, 5.74) is 0. The Morgan fingerprint density at radius 3 is 0.922 bits per heavy atom. The Hall–Kier alpha value is -1.27. The molecule has 2 rings (SSSR count). The van der Waals surface area contributed by atoms with Crippen LogP contribution in [0.15, 0.2) is 12.2 Å². The smallest absolute Gasteiger partial charge is 0.220 e. The molecule has 2 aliphatic rings. The predicted molar refractivity (Wildman–Crippen MR) is 429 cm³/mol. The molecule has 0 aromatic carbocycles. The van der Waals surface area contributed by atoms with Crippen LogP contribution in [0.4, 0.5) is 0 Å². The Morgan fingerprint density at radius 1 is 0.340 bits per heavy atom. The van der Waals surface area contributed by atoms with E-state index in [4.69, 9.17) is 18.9 Å². The fourth-order valence-corrected chi connectivity index (χ4v) is 15.6. The lowest BCUT2D eigenvalue weighted by Gasteiger charge is -2.46. The molecule has 14 heteroatoms. The Morgan fingerprint density at radius 2 is 0.612 bits per heavy atom. The number of carbonyl (C=O) groups is 1. The highest BCUT2D eigenvalue weighted by atomic mass is 16.7. The molecule has 1 amide bonds. The number of carbonyl (C=O) groups excluding carboxylic acids is 1. The molecule has 12 unspecified atom stereocenters. The number of allylic oxidation sites excluding steroid dienone is 2. The second kappa shape index (κ2) is 73.5. The van der Waals surface area contributed by atoms with Gasteiger partial charge in [0.25, 0.3) is 0 Å². The van der Waals surface area contributed by atoms with Crippen molar-refractivity contribution in [2.45, 2.75) is 530 Å². The van der Waals surface area contributed by atoms with Gasteiger partial charge in [-0.15, -0.1) is 0 Å². The lowest BCUT2D eigenvalue weighted by atomic mass is 9.97. The minimum Gasteiger partial charge on any atom is -0.394 e. The number of hydrogen-bond donors (Lipinski definition) is 9. The number of ether oxygens (including phenoxy) is 4. The van der Waals surface area contributed by atoms with Crippen molar-refractivity contribution in [3.8, 4) is 0 Å². The van der Waals surface area contributed by atoms with Crippen LogP contribution in [0.1, 0.15) is 457 Å². The number of nitrogens with one attached hydrogen (secondary N) is 1. The molecule has 0 bridgehead atoms. The molecule has 612 valence electrons. The molecule has 0 saturated carbocycles. The Kier molecular flexibility index (Phi) is 69.8. The minimum atomic E-state index is -1.78. The molecule has 0 radical (unpaired) electrons. The standard InChI is InChI=1S/C89H173NO13/c1-3-5-7-9-11-13-15-17-19-21-23-25-27-29-31-33-35-36-37-38-39-40-41-42-43-45-47-49-51-53-55-57-59-61-63-65-67-69-71-73-81(94)90-77(76-100-88-86(99)84(97)87(80(75-92)102-88)103-89-85(98)83(96)82(95)79(74-91)101-89)78(93)72-70-68-66-64-62-60-58-56-54-52-50-48-46-44-34-32-30-28-26-24-22-20-18-16-14-12-10-8-6-4-2/h21,23,77-80,82-89,91-93,95-99H,3-20,22,24-76H2,1-2H3,(H,90,94)/b23-21-. The van der Waals surface area contributed by atoms with Gasteiger partial charge >= 0.3 is 0 Å². The zero-order chi connectivity index (χ0) is 74.4. The van der Waals surface area contributed by atoms with Crippen LogP contribution in [0.25, 0.3) is 0 Å². The van der Waals surface area contributed by atoms with Crippen molar-refractivity contribution in [1.29, 1.82) is 0 Å². The van der Waals surface area contributed by atoms with E-state index in [9.17, 15) is 45.6 Å². The molecule has 0 aromatic heterocycles. The van der Waals surface area contributed by atoms with Gasteiger partial charge in [0.2, 0.25) is 5.91 Å². The first kappa shape index (κ1) is 97.8. The lowest BCUT2D eigenvalue weighted by Crippen LogP contribution is -2.65. The summed E-state index contributed by atoms with van der Waals surface area (Å²) < 4.78 is 23.0. The molecule has 0 aromatic rings. The van der Waals surface area contributed by atoms with Crippen molar-refractivity contribution in [1.82, 2.24) is 5.32 Å². The van der Waals surface area contributed by atoms with E-state index < -0.39 is 86.8 Å². The van der Waals surface area contributed by atoms with Gasteiger partial charge in [0, 0.05) is 6.42 Å². The first-order valence-electron chi connectivity index (χ1n) is 45.4. The molecular formula is C89H173NO13. The summed E-state index contributed by atoms with van der Waals surface area (Å²) in [5, 5.41) is 88.1. The summed E-state index contributed by atoms with van der Waals surface area (Å²) >= 11 is 0. The maximum Gasteiger partial charge on any atom is 0.220 e. The van der Waals surface area contributed by atoms with Gasteiger partial charge in [-0.3, -0.25) is 4.79 Å². The number of unbranched alkanes of at least 4 members (excludes halogenated alkanes) is 64. The maximum atomic E-state index is 13.4. The van der Waals surface area contributed by atoms with Gasteiger partial charge < -0.3 is 65.1 Å². The van der Waals surface area contributed by atoms with E-state index in [-0.39, 0.29) is 12.5 Å². The third-order valence-electron chi connectivity index (χ3n) is 22.7. The minimum absolute atomic E-state index is 0.194. The number of amides is 1. The SMILES string of the molecule is CCCCCCCCCC/C=C\CCCCCCCCCCCCCCCCCCCCCCCCCCCCCC(=O)NC(COC1OC(CO)C(OC2OC(CO)C(O)C(O)C2O)C(O)C1O)C(O)CCCCCCCCCCCCCCCCCCCCCCCCCCCCCCCC. The summed E-state index contributed by atoms with van der Waals surface area (Å²) in [7, 11) is 0. The van der Waals surface area contributed by atoms with Crippen molar-refractivity contribution in [2.24, 2.45) is 0 Å². The van der Waals surface area contributed by atoms with E-state index in [1.54, 1.807) is 0 Å². The highest BCUT2D eigenvalue weighted by molar-refractivity contribution is 5.76. The van der Waals surface area contributed by atoms with Crippen LogP contribution in [0.5, 0.6) is 0 Å². The van der Waals surface area contributed by atoms with Crippen molar-refractivity contribution in [3.05, 3.63) is 12.2 Å². The van der Waals surface area contributed by atoms with Gasteiger partial charge in [-0.05, 0) is 38.5 Å². The molecule has 103 heavy (non-hydrogen) atoms. The van der Waals surface area contributed by atoms with Gasteiger partial charge in [-0.25, -0.2) is 0 Å². The maximum absolute atomic E-state index is 13.4. The monoisotopic (exact) mass is 1460 g/mol. The Labute approximate surface area is 635 Å². The second-order valence-electron chi connectivity index (χ2n) is 32.4. The highest BCUT2D eigenvalue weighted by Crippen LogP contribution is 2.31. The average Bonchev–Trinajstić information content (AvgIpc) is 0.791. The van der Waals surface area contributed by atoms with E-state index in [1.807, 2.05) is 0 Å². The fourth-order valence-electron chi connectivity index (χ4n) is 15.6. The molecule has 14 nitrogen and oxygen atoms in total. The zero-order valence-corrected chi connectivity index (χ0v) is 67.6. The summed E-state index contributed by atoms with van der Waals surface area (Å²) in [6.45, 7) is 2.95. The Bertz CT molecular complexity index is 1780.